The number of halogens is 1. The molecule has 100 valence electrons. The molecule has 0 bridgehead atoms. The number of aromatic nitrogens is 2. The summed E-state index contributed by atoms with van der Waals surface area (Å²) in [5, 5.41) is 0.599. The van der Waals surface area contributed by atoms with Crippen molar-refractivity contribution in [2.24, 2.45) is 5.41 Å². The van der Waals surface area contributed by atoms with Crippen LogP contribution in [-0.2, 0) is 6.42 Å². The Bertz CT molecular complexity index is 433. The van der Waals surface area contributed by atoms with Gasteiger partial charge in [0.2, 0.25) is 0 Å². The van der Waals surface area contributed by atoms with Gasteiger partial charge in [-0.2, -0.15) is 0 Å². The van der Waals surface area contributed by atoms with E-state index in [4.69, 9.17) is 11.6 Å². The number of rotatable bonds is 2. The zero-order valence-electron chi connectivity index (χ0n) is 11.8. The van der Waals surface area contributed by atoms with Gasteiger partial charge in [0.25, 0.3) is 0 Å². The van der Waals surface area contributed by atoms with Crippen LogP contribution in [0.5, 0.6) is 0 Å². The Labute approximate surface area is 115 Å². The van der Waals surface area contributed by atoms with Crippen molar-refractivity contribution >= 4 is 17.4 Å². The zero-order chi connectivity index (χ0) is 13.3. The van der Waals surface area contributed by atoms with E-state index < -0.39 is 0 Å². The van der Waals surface area contributed by atoms with E-state index >= 15 is 0 Å². The molecule has 0 spiro atoms. The lowest BCUT2D eigenvalue weighted by molar-refractivity contribution is 0.279. The van der Waals surface area contributed by atoms with Gasteiger partial charge in [-0.15, -0.1) is 0 Å². The molecule has 0 N–H and O–H groups in total. The van der Waals surface area contributed by atoms with Crippen molar-refractivity contribution in [2.45, 2.75) is 47.0 Å². The maximum Gasteiger partial charge on any atom is 0.137 e. The van der Waals surface area contributed by atoms with Gasteiger partial charge in [0.15, 0.2) is 0 Å². The van der Waals surface area contributed by atoms with E-state index in [-0.39, 0.29) is 0 Å². The first-order valence-corrected chi connectivity index (χ1v) is 7.09. The molecule has 1 aromatic rings. The lowest BCUT2D eigenvalue weighted by atomic mass is 9.82. The molecule has 0 unspecified atom stereocenters. The molecule has 1 aliphatic heterocycles. The van der Waals surface area contributed by atoms with Crippen LogP contribution in [-0.4, -0.2) is 23.1 Å². The first-order valence-electron chi connectivity index (χ1n) is 6.71. The van der Waals surface area contributed by atoms with Gasteiger partial charge in [-0.25, -0.2) is 9.97 Å². The van der Waals surface area contributed by atoms with Crippen LogP contribution in [0.4, 0.5) is 5.82 Å². The van der Waals surface area contributed by atoms with Crippen molar-refractivity contribution in [3.05, 3.63) is 16.5 Å². The molecule has 18 heavy (non-hydrogen) atoms. The fraction of sp³-hybridized carbons (Fsp3) is 0.714. The molecule has 0 saturated carbocycles. The normalized spacial score (nSPS) is 19.1. The summed E-state index contributed by atoms with van der Waals surface area (Å²) in [7, 11) is 0. The van der Waals surface area contributed by atoms with E-state index in [1.807, 2.05) is 6.92 Å². The van der Waals surface area contributed by atoms with Crippen molar-refractivity contribution in [2.75, 3.05) is 18.0 Å². The summed E-state index contributed by atoms with van der Waals surface area (Å²) < 4.78 is 0. The molecule has 1 saturated heterocycles. The molecule has 1 aliphatic rings. The molecule has 0 amide bonds. The Morgan fingerprint density at radius 2 is 1.83 bits per heavy atom. The van der Waals surface area contributed by atoms with Crippen molar-refractivity contribution < 1.29 is 0 Å². The fourth-order valence-corrected chi connectivity index (χ4v) is 2.49. The Kier molecular flexibility index (Phi) is 3.81. The van der Waals surface area contributed by atoms with E-state index in [1.165, 1.54) is 12.8 Å². The minimum Gasteiger partial charge on any atom is -0.356 e. The van der Waals surface area contributed by atoms with Crippen LogP contribution in [0.15, 0.2) is 0 Å². The average molecular weight is 268 g/mol. The van der Waals surface area contributed by atoms with Gasteiger partial charge in [0.05, 0.1) is 0 Å². The van der Waals surface area contributed by atoms with Gasteiger partial charge in [-0.1, -0.05) is 32.4 Å². The highest BCUT2D eigenvalue weighted by Gasteiger charge is 2.27. The number of aryl methyl sites for hydroxylation is 1. The number of hydrogen-bond acceptors (Lipinski definition) is 3. The third kappa shape index (κ3) is 2.77. The summed E-state index contributed by atoms with van der Waals surface area (Å²) in [6.45, 7) is 10.9. The quantitative estimate of drug-likeness (QED) is 0.767. The number of piperidine rings is 1. The Balaban J connectivity index is 2.26. The van der Waals surface area contributed by atoms with Crippen LogP contribution in [0.3, 0.4) is 0 Å². The summed E-state index contributed by atoms with van der Waals surface area (Å²) in [4.78, 5) is 11.3. The second kappa shape index (κ2) is 5.04. The number of hydrogen-bond donors (Lipinski definition) is 0. The van der Waals surface area contributed by atoms with Gasteiger partial charge < -0.3 is 4.90 Å². The van der Waals surface area contributed by atoms with E-state index in [1.54, 1.807) is 0 Å². The third-order valence-corrected chi connectivity index (χ3v) is 4.21. The minimum atomic E-state index is 0.453. The van der Waals surface area contributed by atoms with Gasteiger partial charge in [-0.3, -0.25) is 0 Å². The van der Waals surface area contributed by atoms with Gasteiger partial charge in [0, 0.05) is 25.1 Å². The molecule has 2 rings (SSSR count). The van der Waals surface area contributed by atoms with Crippen LogP contribution < -0.4 is 4.90 Å². The maximum atomic E-state index is 6.20. The molecule has 0 radical (unpaired) electrons. The molecule has 1 aromatic heterocycles. The molecule has 3 nitrogen and oxygen atoms in total. The lowest BCUT2D eigenvalue weighted by Gasteiger charge is -2.38. The fourth-order valence-electron chi connectivity index (χ4n) is 2.31. The molecular weight excluding hydrogens is 246 g/mol. The predicted octanol–water partition coefficient (Wildman–Crippen LogP) is 3.63. The lowest BCUT2D eigenvalue weighted by Crippen LogP contribution is -2.38. The minimum absolute atomic E-state index is 0.453. The SMILES string of the molecule is CCc1nc(Cl)c(C)c(N2CCC(C)(C)CC2)n1. The standard InChI is InChI=1S/C14H22ClN3/c1-5-11-16-12(15)10(2)13(17-11)18-8-6-14(3,4)7-9-18/h5-9H2,1-4H3. The van der Waals surface area contributed by atoms with Crippen molar-refractivity contribution in [1.29, 1.82) is 0 Å². The highest BCUT2D eigenvalue weighted by molar-refractivity contribution is 6.30. The molecular formula is C14H22ClN3. The van der Waals surface area contributed by atoms with E-state index in [0.717, 1.165) is 36.7 Å². The summed E-state index contributed by atoms with van der Waals surface area (Å²) in [5.74, 6) is 1.87. The maximum absolute atomic E-state index is 6.20. The third-order valence-electron chi connectivity index (χ3n) is 3.84. The van der Waals surface area contributed by atoms with Crippen molar-refractivity contribution in [3.63, 3.8) is 0 Å². The van der Waals surface area contributed by atoms with E-state index in [2.05, 4.69) is 35.6 Å². The Morgan fingerprint density at radius 3 is 2.39 bits per heavy atom. The largest absolute Gasteiger partial charge is 0.356 e. The highest BCUT2D eigenvalue weighted by atomic mass is 35.5. The summed E-state index contributed by atoms with van der Waals surface area (Å²) in [6.07, 6.45) is 3.23. The average Bonchev–Trinajstić information content (AvgIpc) is 2.33. The molecule has 4 heteroatoms. The molecule has 1 fully saturated rings. The van der Waals surface area contributed by atoms with Crippen LogP contribution in [0, 0.1) is 12.3 Å². The van der Waals surface area contributed by atoms with Gasteiger partial charge >= 0.3 is 0 Å². The smallest absolute Gasteiger partial charge is 0.137 e. The second-order valence-corrected chi connectivity index (χ2v) is 6.24. The zero-order valence-corrected chi connectivity index (χ0v) is 12.5. The molecule has 0 atom stereocenters. The second-order valence-electron chi connectivity index (χ2n) is 5.88. The Hall–Kier alpha value is -0.830. The molecule has 0 aliphatic carbocycles. The van der Waals surface area contributed by atoms with Crippen LogP contribution in [0.2, 0.25) is 5.15 Å². The number of anilines is 1. The summed E-state index contributed by atoms with van der Waals surface area (Å²) >= 11 is 6.20. The van der Waals surface area contributed by atoms with Crippen LogP contribution >= 0.6 is 11.6 Å². The first-order chi connectivity index (χ1) is 8.43. The summed E-state index contributed by atoms with van der Waals surface area (Å²) in [6, 6.07) is 0. The molecule has 0 aromatic carbocycles. The van der Waals surface area contributed by atoms with Gasteiger partial charge in [0.1, 0.15) is 16.8 Å². The van der Waals surface area contributed by atoms with Gasteiger partial charge in [-0.05, 0) is 25.2 Å². The molecule has 2 heterocycles. The Morgan fingerprint density at radius 1 is 1.22 bits per heavy atom. The van der Waals surface area contributed by atoms with E-state index in [9.17, 15) is 0 Å². The predicted molar refractivity (Wildman–Crippen MR) is 76.4 cm³/mol. The topological polar surface area (TPSA) is 29.0 Å². The first kappa shape index (κ1) is 13.6. The van der Waals surface area contributed by atoms with Crippen molar-refractivity contribution in [3.8, 4) is 0 Å². The highest BCUT2D eigenvalue weighted by Crippen LogP contribution is 2.33. The van der Waals surface area contributed by atoms with E-state index in [0.29, 0.717) is 10.6 Å². The van der Waals surface area contributed by atoms with Crippen LogP contribution in [0.1, 0.15) is 45.0 Å². The van der Waals surface area contributed by atoms with Crippen molar-refractivity contribution in [1.82, 2.24) is 9.97 Å². The summed E-state index contributed by atoms with van der Waals surface area (Å²) in [5.41, 5.74) is 1.46. The van der Waals surface area contributed by atoms with Crippen LogP contribution in [0.25, 0.3) is 0 Å². The monoisotopic (exact) mass is 267 g/mol. The number of nitrogens with zero attached hydrogens (tertiary/aromatic N) is 3.